The summed E-state index contributed by atoms with van der Waals surface area (Å²) in [5.41, 5.74) is 0. The van der Waals surface area contributed by atoms with Crippen LogP contribution >= 0.6 is 19.0 Å². The molecule has 1 nitrogen and oxygen atoms in total. The Morgan fingerprint density at radius 1 is 1.50 bits per heavy atom. The van der Waals surface area contributed by atoms with E-state index in [-0.39, 0.29) is 0 Å². The molecule has 0 amide bonds. The molecule has 0 heterocycles. The van der Waals surface area contributed by atoms with Gasteiger partial charge in [0.25, 0.3) is 0 Å². The summed E-state index contributed by atoms with van der Waals surface area (Å²) < 4.78 is 0. The molecule has 0 aromatic heterocycles. The van der Waals surface area contributed by atoms with Crippen LogP contribution in [0.1, 0.15) is 0 Å². The molecule has 0 aliphatic carbocycles. The third-order valence-electron chi connectivity index (χ3n) is 0. The zero-order valence-electron chi connectivity index (χ0n) is 1.70. The molecule has 0 atom stereocenters. The molecule has 0 bridgehead atoms. The zero-order chi connectivity index (χ0) is 4.00. The van der Waals surface area contributed by atoms with E-state index in [0.717, 1.165) is 0 Å². The van der Waals surface area contributed by atoms with E-state index in [1.807, 2.05) is 19.0 Å². The normalized spacial score (nSPS) is 2.25. The topological polar surface area (TPSA) is 23.8 Å². The van der Waals surface area contributed by atoms with Crippen LogP contribution in [0.4, 0.5) is 0 Å². The van der Waals surface area contributed by atoms with Gasteiger partial charge >= 0.3 is 36.3 Å². The Labute approximate surface area is 47.8 Å². The summed E-state index contributed by atoms with van der Waals surface area (Å²) in [6.07, 6.45) is 0. The van der Waals surface area contributed by atoms with Gasteiger partial charge in [-0.1, -0.05) is 0 Å². The summed E-state index contributed by atoms with van der Waals surface area (Å²) in [6, 6.07) is 0. The second kappa shape index (κ2) is 37.6. The molecule has 0 aliphatic heterocycles. The van der Waals surface area contributed by atoms with Gasteiger partial charge in [-0.2, -0.15) is 0 Å². The fourth-order valence-electron chi connectivity index (χ4n) is 0. The Hall–Kier alpha value is 0.960. The summed E-state index contributed by atoms with van der Waals surface area (Å²) in [4.78, 5) is 0. The Morgan fingerprint density at radius 3 is 1.50 bits per heavy atom. The maximum absolute atomic E-state index is 6.50. The van der Waals surface area contributed by atoms with Crippen LogP contribution in [0.2, 0.25) is 0 Å². The molecule has 0 aliphatic rings. The van der Waals surface area contributed by atoms with Crippen LogP contribution in [0, 0.1) is 11.8 Å². The molecule has 0 fully saturated rings. The summed E-state index contributed by atoms with van der Waals surface area (Å²) in [6.45, 7) is 3.50. The average molecular weight is 262 g/mol. The van der Waals surface area contributed by atoms with Crippen molar-refractivity contribution in [3.05, 3.63) is 0 Å². The molecule has 0 aromatic carbocycles. The standard InChI is InChI=1S/CHN.Ag.HI/c1-2;;/h1H;;1H/q;+1;/p-1. The first kappa shape index (κ1) is 8.88. The van der Waals surface area contributed by atoms with Gasteiger partial charge < -0.3 is 0 Å². The van der Waals surface area contributed by atoms with E-state index < -0.39 is 0 Å². The second-order valence-electron chi connectivity index (χ2n) is 0. The van der Waals surface area contributed by atoms with Gasteiger partial charge in [0.1, 0.15) is 0 Å². The van der Waals surface area contributed by atoms with E-state index in [2.05, 4.69) is 23.8 Å². The predicted octanol–water partition coefficient (Wildman–Crippen LogP) is 1.02. The van der Waals surface area contributed by atoms with Crippen molar-refractivity contribution in [2.45, 2.75) is 0 Å². The quantitative estimate of drug-likeness (QED) is 0.472. The van der Waals surface area contributed by atoms with Crippen LogP contribution in [0.25, 0.3) is 0 Å². The van der Waals surface area contributed by atoms with E-state index >= 15 is 0 Å². The maximum atomic E-state index is 6.50. The van der Waals surface area contributed by atoms with Gasteiger partial charge in [0, 0.05) is 6.57 Å². The first-order valence-electron chi connectivity index (χ1n) is 0.372. The van der Waals surface area contributed by atoms with Crippen LogP contribution in [0.3, 0.4) is 0 Å². The van der Waals surface area contributed by atoms with E-state index in [9.17, 15) is 0 Å². The number of rotatable bonds is 0. The fourth-order valence-corrected chi connectivity index (χ4v) is 0. The number of hydrogen-bond donors (Lipinski definition) is 0. The van der Waals surface area contributed by atoms with Gasteiger partial charge in [-0.25, -0.2) is 5.26 Å². The molecule has 0 unspecified atom stereocenters. The minimum atomic E-state index is 1.96. The summed E-state index contributed by atoms with van der Waals surface area (Å²) in [5.74, 6) is 0. The monoisotopic (exact) mass is 261 g/mol. The average Bonchev–Trinajstić information content (AvgIpc) is 1.50. The van der Waals surface area contributed by atoms with Crippen LogP contribution in [0.5, 0.6) is 0 Å². The first-order chi connectivity index (χ1) is 2.00. The Bertz CT molecular complexity index is 12.8. The molecule has 0 saturated heterocycles. The van der Waals surface area contributed by atoms with Crippen molar-refractivity contribution in [1.82, 2.24) is 0 Å². The Morgan fingerprint density at radius 2 is 1.50 bits per heavy atom. The predicted molar refractivity (Wildman–Crippen MR) is 20.7 cm³/mol. The number of halogens is 1. The third-order valence-corrected chi connectivity index (χ3v) is 0. The first-order valence-corrected chi connectivity index (χ1v) is 4.78. The molecular weight excluding hydrogens is 261 g/mol. The van der Waals surface area contributed by atoms with Crippen molar-refractivity contribution >= 4 is 19.0 Å². The Balaban J connectivity index is 0. The molecule has 0 rings (SSSR count). The van der Waals surface area contributed by atoms with Gasteiger partial charge in [0.05, 0.1) is 0 Å². The SMILES string of the molecule is C#N.[Ag][I]. The second-order valence-corrected chi connectivity index (χ2v) is 0. The van der Waals surface area contributed by atoms with E-state index in [4.69, 9.17) is 5.26 Å². The number of hydrogen-bond acceptors (Lipinski definition) is 1. The third kappa shape index (κ3) is 12.3. The van der Waals surface area contributed by atoms with E-state index in [1.54, 1.807) is 0 Å². The number of nitriles is 1. The molecular formula is CHAgIN. The van der Waals surface area contributed by atoms with Gasteiger partial charge in [-0.05, 0) is 0 Å². The van der Waals surface area contributed by atoms with E-state index in [1.165, 1.54) is 0 Å². The summed E-state index contributed by atoms with van der Waals surface area (Å²) in [7, 11) is 0. The van der Waals surface area contributed by atoms with Crippen LogP contribution < -0.4 is 0 Å². The van der Waals surface area contributed by atoms with Gasteiger partial charge in [-0.3, -0.25) is 0 Å². The van der Waals surface area contributed by atoms with Crippen LogP contribution in [-0.2, 0) is 17.3 Å². The van der Waals surface area contributed by atoms with Crippen molar-refractivity contribution in [2.75, 3.05) is 0 Å². The Kier molecular flexibility index (Phi) is 83.5. The van der Waals surface area contributed by atoms with Crippen LogP contribution in [-0.4, -0.2) is 0 Å². The molecule has 0 aromatic rings. The van der Waals surface area contributed by atoms with Crippen molar-refractivity contribution in [1.29, 1.82) is 5.26 Å². The fraction of sp³-hybridized carbons (Fsp3) is 0. The van der Waals surface area contributed by atoms with Gasteiger partial charge in [0.2, 0.25) is 0 Å². The van der Waals surface area contributed by atoms with E-state index in [0.29, 0.717) is 0 Å². The minimum absolute atomic E-state index is 1.96. The number of nitrogens with zero attached hydrogens (tertiary/aromatic N) is 1. The van der Waals surface area contributed by atoms with Crippen molar-refractivity contribution in [2.24, 2.45) is 0 Å². The molecule has 0 radical (unpaired) electrons. The van der Waals surface area contributed by atoms with Gasteiger partial charge in [0.15, 0.2) is 0 Å². The van der Waals surface area contributed by atoms with Crippen molar-refractivity contribution in [3.8, 4) is 6.57 Å². The van der Waals surface area contributed by atoms with Gasteiger partial charge in [-0.15, -0.1) is 0 Å². The molecule has 0 saturated carbocycles. The molecule has 28 valence electrons. The zero-order valence-corrected chi connectivity index (χ0v) is 5.34. The molecule has 0 spiro atoms. The van der Waals surface area contributed by atoms with Crippen molar-refractivity contribution in [3.63, 3.8) is 0 Å². The summed E-state index contributed by atoms with van der Waals surface area (Å²) in [5, 5.41) is 6.50. The molecule has 0 N–H and O–H groups in total. The molecule has 4 heavy (non-hydrogen) atoms. The van der Waals surface area contributed by atoms with Crippen molar-refractivity contribution < 1.29 is 17.3 Å². The van der Waals surface area contributed by atoms with Crippen LogP contribution in [0.15, 0.2) is 0 Å². The molecule has 3 heteroatoms. The summed E-state index contributed by atoms with van der Waals surface area (Å²) >= 11 is 4.88.